The summed E-state index contributed by atoms with van der Waals surface area (Å²) in [7, 11) is 0. The van der Waals surface area contributed by atoms with Crippen molar-refractivity contribution >= 4 is 11.6 Å². The SMILES string of the molecule is Cc1ccccc1CC(=O)Nc1ccc(-n2cccn2)cc1. The van der Waals surface area contributed by atoms with E-state index in [4.69, 9.17) is 0 Å². The Hall–Kier alpha value is -2.88. The van der Waals surface area contributed by atoms with Gasteiger partial charge in [0.05, 0.1) is 12.1 Å². The number of aryl methyl sites for hydroxylation is 1. The van der Waals surface area contributed by atoms with Crippen LogP contribution in [0.2, 0.25) is 0 Å². The molecule has 0 bridgehead atoms. The number of carbonyl (C=O) groups is 1. The molecule has 4 heteroatoms. The third-order valence-electron chi connectivity index (χ3n) is 3.53. The molecule has 3 rings (SSSR count). The minimum absolute atomic E-state index is 0.0128. The number of benzene rings is 2. The Labute approximate surface area is 129 Å². The zero-order chi connectivity index (χ0) is 15.4. The molecule has 1 amide bonds. The topological polar surface area (TPSA) is 46.9 Å². The standard InChI is InChI=1S/C18H17N3O/c1-14-5-2-3-6-15(14)13-18(22)20-16-7-9-17(10-8-16)21-12-4-11-19-21/h2-12H,13H2,1H3,(H,20,22). The molecule has 0 atom stereocenters. The van der Waals surface area contributed by atoms with Gasteiger partial charge in [-0.2, -0.15) is 5.10 Å². The van der Waals surface area contributed by atoms with Crippen LogP contribution in [0.1, 0.15) is 11.1 Å². The highest BCUT2D eigenvalue weighted by atomic mass is 16.1. The molecule has 0 fully saturated rings. The van der Waals surface area contributed by atoms with E-state index in [0.717, 1.165) is 22.5 Å². The molecule has 22 heavy (non-hydrogen) atoms. The van der Waals surface area contributed by atoms with Gasteiger partial charge in [-0.25, -0.2) is 4.68 Å². The predicted octanol–water partition coefficient (Wildman–Crippen LogP) is 3.36. The molecular formula is C18H17N3O. The molecular weight excluding hydrogens is 274 g/mol. The van der Waals surface area contributed by atoms with Crippen LogP contribution in [0.5, 0.6) is 0 Å². The zero-order valence-electron chi connectivity index (χ0n) is 12.4. The summed E-state index contributed by atoms with van der Waals surface area (Å²) in [5, 5.41) is 7.09. The number of anilines is 1. The molecule has 0 aliphatic rings. The summed E-state index contributed by atoms with van der Waals surface area (Å²) in [6.07, 6.45) is 4.00. The van der Waals surface area contributed by atoms with E-state index in [1.807, 2.05) is 67.7 Å². The molecule has 3 aromatic rings. The third kappa shape index (κ3) is 3.23. The summed E-state index contributed by atoms with van der Waals surface area (Å²) in [6.45, 7) is 2.02. The first kappa shape index (κ1) is 14.1. The highest BCUT2D eigenvalue weighted by Gasteiger charge is 2.06. The minimum atomic E-state index is -0.0128. The second-order valence-corrected chi connectivity index (χ2v) is 5.15. The Morgan fingerprint density at radius 2 is 1.86 bits per heavy atom. The number of carbonyl (C=O) groups excluding carboxylic acids is 1. The Balaban J connectivity index is 1.66. The summed E-state index contributed by atoms with van der Waals surface area (Å²) in [6, 6.07) is 17.4. The maximum Gasteiger partial charge on any atom is 0.228 e. The Kier molecular flexibility index (Phi) is 4.01. The van der Waals surface area contributed by atoms with Gasteiger partial charge in [0.15, 0.2) is 0 Å². The van der Waals surface area contributed by atoms with Crippen molar-refractivity contribution in [1.82, 2.24) is 9.78 Å². The second-order valence-electron chi connectivity index (χ2n) is 5.15. The van der Waals surface area contributed by atoms with Gasteiger partial charge in [0, 0.05) is 18.1 Å². The summed E-state index contributed by atoms with van der Waals surface area (Å²) >= 11 is 0. The largest absolute Gasteiger partial charge is 0.326 e. The van der Waals surface area contributed by atoms with Crippen molar-refractivity contribution in [3.05, 3.63) is 78.1 Å². The van der Waals surface area contributed by atoms with Crippen LogP contribution < -0.4 is 5.32 Å². The maximum absolute atomic E-state index is 12.1. The van der Waals surface area contributed by atoms with Gasteiger partial charge in [-0.3, -0.25) is 4.79 Å². The third-order valence-corrected chi connectivity index (χ3v) is 3.53. The van der Waals surface area contributed by atoms with Gasteiger partial charge in [-0.1, -0.05) is 24.3 Å². The van der Waals surface area contributed by atoms with Crippen molar-refractivity contribution in [2.45, 2.75) is 13.3 Å². The Morgan fingerprint density at radius 1 is 1.09 bits per heavy atom. The molecule has 0 saturated heterocycles. The van der Waals surface area contributed by atoms with Crippen molar-refractivity contribution in [1.29, 1.82) is 0 Å². The first-order valence-corrected chi connectivity index (χ1v) is 7.17. The summed E-state index contributed by atoms with van der Waals surface area (Å²) < 4.78 is 1.78. The van der Waals surface area contributed by atoms with Crippen molar-refractivity contribution < 1.29 is 4.79 Å². The fraction of sp³-hybridized carbons (Fsp3) is 0.111. The lowest BCUT2D eigenvalue weighted by Gasteiger charge is -2.08. The average molecular weight is 291 g/mol. The molecule has 110 valence electrons. The lowest BCUT2D eigenvalue weighted by Crippen LogP contribution is -2.15. The number of rotatable bonds is 4. The molecule has 4 nitrogen and oxygen atoms in total. The van der Waals surface area contributed by atoms with E-state index >= 15 is 0 Å². The van der Waals surface area contributed by atoms with E-state index < -0.39 is 0 Å². The molecule has 0 saturated carbocycles. The fourth-order valence-electron chi connectivity index (χ4n) is 2.31. The maximum atomic E-state index is 12.1. The van der Waals surface area contributed by atoms with Crippen LogP contribution in [-0.4, -0.2) is 15.7 Å². The molecule has 0 radical (unpaired) electrons. The van der Waals surface area contributed by atoms with E-state index in [0.29, 0.717) is 6.42 Å². The Bertz CT molecular complexity index is 761. The smallest absolute Gasteiger partial charge is 0.228 e. The van der Waals surface area contributed by atoms with Crippen molar-refractivity contribution in [2.75, 3.05) is 5.32 Å². The lowest BCUT2D eigenvalue weighted by atomic mass is 10.1. The first-order chi connectivity index (χ1) is 10.7. The number of aromatic nitrogens is 2. The summed E-state index contributed by atoms with van der Waals surface area (Å²) in [5.41, 5.74) is 3.93. The molecule has 1 aromatic heterocycles. The molecule has 1 N–H and O–H groups in total. The van der Waals surface area contributed by atoms with Crippen molar-refractivity contribution in [3.8, 4) is 5.69 Å². The van der Waals surface area contributed by atoms with E-state index in [2.05, 4.69) is 10.4 Å². The molecule has 0 aliphatic heterocycles. The monoisotopic (exact) mass is 291 g/mol. The number of hydrogen-bond acceptors (Lipinski definition) is 2. The second kappa shape index (κ2) is 6.26. The quantitative estimate of drug-likeness (QED) is 0.801. The average Bonchev–Trinajstić information content (AvgIpc) is 3.05. The molecule has 0 spiro atoms. The van der Waals surface area contributed by atoms with Crippen LogP contribution in [0.25, 0.3) is 5.69 Å². The van der Waals surface area contributed by atoms with Crippen LogP contribution in [0.15, 0.2) is 67.0 Å². The van der Waals surface area contributed by atoms with Gasteiger partial charge in [0.25, 0.3) is 0 Å². The van der Waals surface area contributed by atoms with E-state index in [9.17, 15) is 4.79 Å². The summed E-state index contributed by atoms with van der Waals surface area (Å²) in [5.74, 6) is -0.0128. The number of hydrogen-bond donors (Lipinski definition) is 1. The normalized spacial score (nSPS) is 10.4. The highest BCUT2D eigenvalue weighted by molar-refractivity contribution is 5.92. The first-order valence-electron chi connectivity index (χ1n) is 7.17. The molecule has 0 aliphatic carbocycles. The van der Waals surface area contributed by atoms with Crippen LogP contribution in [0.4, 0.5) is 5.69 Å². The zero-order valence-corrected chi connectivity index (χ0v) is 12.4. The van der Waals surface area contributed by atoms with E-state index in [1.54, 1.807) is 10.9 Å². The van der Waals surface area contributed by atoms with E-state index in [-0.39, 0.29) is 5.91 Å². The Morgan fingerprint density at radius 3 is 2.55 bits per heavy atom. The summed E-state index contributed by atoms with van der Waals surface area (Å²) in [4.78, 5) is 12.1. The van der Waals surface area contributed by atoms with Crippen LogP contribution in [0, 0.1) is 6.92 Å². The molecule has 2 aromatic carbocycles. The number of nitrogens with one attached hydrogen (secondary N) is 1. The lowest BCUT2D eigenvalue weighted by molar-refractivity contribution is -0.115. The van der Waals surface area contributed by atoms with Gasteiger partial charge in [-0.05, 0) is 48.4 Å². The number of amides is 1. The molecule has 1 heterocycles. The van der Waals surface area contributed by atoms with Gasteiger partial charge in [-0.15, -0.1) is 0 Å². The van der Waals surface area contributed by atoms with Crippen LogP contribution in [-0.2, 0) is 11.2 Å². The van der Waals surface area contributed by atoms with Crippen LogP contribution in [0.3, 0.4) is 0 Å². The minimum Gasteiger partial charge on any atom is -0.326 e. The van der Waals surface area contributed by atoms with Crippen LogP contribution >= 0.6 is 0 Å². The highest BCUT2D eigenvalue weighted by Crippen LogP contribution is 2.14. The van der Waals surface area contributed by atoms with Gasteiger partial charge in [0.1, 0.15) is 0 Å². The van der Waals surface area contributed by atoms with Gasteiger partial charge < -0.3 is 5.32 Å². The van der Waals surface area contributed by atoms with Gasteiger partial charge >= 0.3 is 0 Å². The van der Waals surface area contributed by atoms with E-state index in [1.165, 1.54) is 0 Å². The van der Waals surface area contributed by atoms with Crippen molar-refractivity contribution in [2.24, 2.45) is 0 Å². The van der Waals surface area contributed by atoms with Crippen molar-refractivity contribution in [3.63, 3.8) is 0 Å². The predicted molar refractivity (Wildman–Crippen MR) is 87.1 cm³/mol. The number of nitrogens with zero attached hydrogens (tertiary/aromatic N) is 2. The van der Waals surface area contributed by atoms with Gasteiger partial charge in [0.2, 0.25) is 5.91 Å². The fourth-order valence-corrected chi connectivity index (χ4v) is 2.31. The molecule has 0 unspecified atom stereocenters.